The van der Waals surface area contributed by atoms with Crippen LogP contribution in [0, 0.1) is 0 Å². The lowest BCUT2D eigenvalue weighted by Crippen LogP contribution is -2.01. The summed E-state index contributed by atoms with van der Waals surface area (Å²) in [5.41, 5.74) is 11.4. The molecule has 0 saturated carbocycles. The van der Waals surface area contributed by atoms with Crippen LogP contribution in [0.25, 0.3) is 105 Å². The smallest absolute Gasteiger partial charge is 0.168 e. The minimum Gasteiger partial charge on any atom is -0.456 e. The summed E-state index contributed by atoms with van der Waals surface area (Å²) in [6.45, 7) is 0. The van der Waals surface area contributed by atoms with Gasteiger partial charge in [-0.2, -0.15) is 0 Å². The first kappa shape index (κ1) is 30.7. The summed E-state index contributed by atoms with van der Waals surface area (Å²) in [6, 6.07) is 66.2. The normalized spacial score (nSPS) is 11.9. The third kappa shape index (κ3) is 4.50. The summed E-state index contributed by atoms with van der Waals surface area (Å²) in [5, 5.41) is 16.6. The van der Waals surface area contributed by atoms with Crippen molar-refractivity contribution in [3.63, 3.8) is 0 Å². The molecule has 0 aliphatic heterocycles. The van der Waals surface area contributed by atoms with Gasteiger partial charge in [0.05, 0.1) is 22.1 Å². The number of furan rings is 1. The van der Waals surface area contributed by atoms with Gasteiger partial charge in [0.2, 0.25) is 0 Å². The van der Waals surface area contributed by atoms with E-state index in [1.807, 2.05) is 36.4 Å². The van der Waals surface area contributed by atoms with E-state index < -0.39 is 0 Å². The summed E-state index contributed by atoms with van der Waals surface area (Å²) in [5.74, 6) is 1.58. The molecule has 0 fully saturated rings. The third-order valence-electron chi connectivity index (χ3n) is 11.2. The van der Waals surface area contributed by atoms with Crippen molar-refractivity contribution >= 4 is 65.6 Å². The summed E-state index contributed by atoms with van der Waals surface area (Å²) in [6.07, 6.45) is 0. The topological polar surface area (TPSA) is 53.7 Å². The van der Waals surface area contributed by atoms with E-state index in [0.717, 1.165) is 83.8 Å². The van der Waals surface area contributed by atoms with E-state index in [-0.39, 0.29) is 0 Å². The van der Waals surface area contributed by atoms with Crippen LogP contribution >= 0.6 is 0 Å². The van der Waals surface area contributed by atoms with E-state index in [1.165, 1.54) is 21.5 Å². The molecule has 0 spiro atoms. The molecule has 0 aliphatic carbocycles. The second kappa shape index (κ2) is 11.9. The van der Waals surface area contributed by atoms with E-state index in [2.05, 4.69) is 165 Å². The lowest BCUT2D eigenvalue weighted by Gasteiger charge is -2.14. The first-order chi connectivity index (χ1) is 27.8. The molecule has 0 unspecified atom stereocenters. The minimum absolute atomic E-state index is 0.782. The average molecular weight is 718 g/mol. The molecule has 0 amide bonds. The summed E-state index contributed by atoms with van der Waals surface area (Å²) in [4.78, 5) is 0. The second-order valence-corrected chi connectivity index (χ2v) is 14.3. The lowest BCUT2D eigenvalue weighted by molar-refractivity contribution is 0.669. The Balaban J connectivity index is 1.08. The largest absolute Gasteiger partial charge is 0.456 e. The van der Waals surface area contributed by atoms with E-state index in [0.29, 0.717) is 0 Å². The summed E-state index contributed by atoms with van der Waals surface area (Å²) in [7, 11) is 0. The van der Waals surface area contributed by atoms with Crippen LogP contribution in [0.15, 0.2) is 192 Å². The Kier molecular flexibility index (Phi) is 6.53. The molecule has 8 aromatic carbocycles. The predicted molar refractivity (Wildman–Crippen MR) is 228 cm³/mol. The summed E-state index contributed by atoms with van der Waals surface area (Å²) < 4.78 is 13.3. The van der Waals surface area contributed by atoms with Crippen molar-refractivity contribution in [3.05, 3.63) is 188 Å². The van der Waals surface area contributed by atoms with Crippen molar-refractivity contribution < 1.29 is 4.42 Å². The maximum absolute atomic E-state index is 6.41. The number of fused-ring (bicyclic) bond motifs is 9. The van der Waals surface area contributed by atoms with E-state index >= 15 is 0 Å². The molecule has 4 aromatic heterocycles. The van der Waals surface area contributed by atoms with Gasteiger partial charge in [0.15, 0.2) is 11.6 Å². The van der Waals surface area contributed by atoms with Crippen LogP contribution in [0.1, 0.15) is 0 Å². The van der Waals surface area contributed by atoms with Crippen molar-refractivity contribution in [2.45, 2.75) is 0 Å². The maximum Gasteiger partial charge on any atom is 0.168 e. The molecule has 12 aromatic rings. The standard InChI is InChI=1S/C50H31N5O/c1-3-14-32(15-4-1)49-51-52-50(55(49)34-16-5-2-6-17-34)33-26-27-39-37-20-7-10-23-43(37)53(45(39)28-33)35-18-13-19-36(29-35)54-44-24-11-8-21-38(44)41-30-42-40-22-9-12-25-47(40)56-48(42)31-46(41)54/h1-31H. The van der Waals surface area contributed by atoms with Gasteiger partial charge in [-0.1, -0.05) is 121 Å². The highest BCUT2D eigenvalue weighted by Crippen LogP contribution is 2.40. The molecule has 4 heterocycles. The molecule has 6 heteroatoms. The molecular weight excluding hydrogens is 687 g/mol. The Bertz CT molecular complexity index is 3480. The SMILES string of the molecule is c1ccc(-c2nnc(-c3ccc4c5ccccc5n(-c5cccc(-n6c7ccccc7c7cc8c(cc76)oc6ccccc68)c5)c4c3)n2-c2ccccc2)cc1. The molecule has 0 atom stereocenters. The van der Waals surface area contributed by atoms with Crippen LogP contribution in [0.2, 0.25) is 0 Å². The molecule has 0 radical (unpaired) electrons. The zero-order valence-corrected chi connectivity index (χ0v) is 30.0. The number of aromatic nitrogens is 5. The highest BCUT2D eigenvalue weighted by molar-refractivity contribution is 6.17. The van der Waals surface area contributed by atoms with Crippen LogP contribution in [-0.2, 0) is 0 Å². The second-order valence-electron chi connectivity index (χ2n) is 14.3. The molecule has 0 bridgehead atoms. The fraction of sp³-hybridized carbons (Fsp3) is 0. The molecule has 6 nitrogen and oxygen atoms in total. The van der Waals surface area contributed by atoms with E-state index in [1.54, 1.807) is 0 Å². The van der Waals surface area contributed by atoms with Crippen LogP contribution in [-0.4, -0.2) is 23.9 Å². The third-order valence-corrected chi connectivity index (χ3v) is 11.2. The first-order valence-electron chi connectivity index (χ1n) is 18.8. The van der Waals surface area contributed by atoms with Gasteiger partial charge in [0.1, 0.15) is 11.2 Å². The van der Waals surface area contributed by atoms with Gasteiger partial charge in [-0.15, -0.1) is 10.2 Å². The van der Waals surface area contributed by atoms with Crippen molar-refractivity contribution in [3.8, 4) is 39.8 Å². The van der Waals surface area contributed by atoms with Gasteiger partial charge in [-0.3, -0.25) is 4.57 Å². The quantitative estimate of drug-likeness (QED) is 0.178. The summed E-state index contributed by atoms with van der Waals surface area (Å²) >= 11 is 0. The molecule has 56 heavy (non-hydrogen) atoms. The monoisotopic (exact) mass is 717 g/mol. The van der Waals surface area contributed by atoms with Gasteiger partial charge in [-0.05, 0) is 60.7 Å². The number of benzene rings is 8. The Morgan fingerprint density at radius 1 is 0.304 bits per heavy atom. The zero-order valence-electron chi connectivity index (χ0n) is 30.0. The van der Waals surface area contributed by atoms with Gasteiger partial charge >= 0.3 is 0 Å². The number of nitrogens with zero attached hydrogens (tertiary/aromatic N) is 5. The van der Waals surface area contributed by atoms with Crippen molar-refractivity contribution in [1.82, 2.24) is 23.9 Å². The molecule has 0 N–H and O–H groups in total. The van der Waals surface area contributed by atoms with E-state index in [9.17, 15) is 0 Å². The highest BCUT2D eigenvalue weighted by atomic mass is 16.3. The average Bonchev–Trinajstić information content (AvgIpc) is 4.03. The fourth-order valence-electron chi connectivity index (χ4n) is 8.69. The van der Waals surface area contributed by atoms with Gasteiger partial charge in [-0.25, -0.2) is 0 Å². The first-order valence-corrected chi connectivity index (χ1v) is 18.8. The molecule has 12 rings (SSSR count). The van der Waals surface area contributed by atoms with Gasteiger partial charge in [0.25, 0.3) is 0 Å². The number of hydrogen-bond acceptors (Lipinski definition) is 3. The van der Waals surface area contributed by atoms with Crippen LogP contribution in [0.3, 0.4) is 0 Å². The van der Waals surface area contributed by atoms with Crippen molar-refractivity contribution in [2.24, 2.45) is 0 Å². The van der Waals surface area contributed by atoms with Crippen LogP contribution in [0.5, 0.6) is 0 Å². The maximum atomic E-state index is 6.41. The Morgan fingerprint density at radius 3 is 1.59 bits per heavy atom. The lowest BCUT2D eigenvalue weighted by atomic mass is 10.1. The number of para-hydroxylation sites is 4. The van der Waals surface area contributed by atoms with E-state index in [4.69, 9.17) is 14.6 Å². The molecule has 0 aliphatic rings. The van der Waals surface area contributed by atoms with Crippen LogP contribution < -0.4 is 0 Å². The zero-order chi connectivity index (χ0) is 36.7. The predicted octanol–water partition coefficient (Wildman–Crippen LogP) is 12.7. The van der Waals surface area contributed by atoms with Gasteiger partial charge < -0.3 is 13.6 Å². The molecule has 0 saturated heterocycles. The van der Waals surface area contributed by atoms with Crippen molar-refractivity contribution in [2.75, 3.05) is 0 Å². The minimum atomic E-state index is 0.782. The fourth-order valence-corrected chi connectivity index (χ4v) is 8.69. The molecular formula is C50H31N5O. The molecule has 262 valence electrons. The Hall–Kier alpha value is -7.70. The Morgan fingerprint density at radius 2 is 0.857 bits per heavy atom. The number of rotatable bonds is 5. The highest BCUT2D eigenvalue weighted by Gasteiger charge is 2.21. The van der Waals surface area contributed by atoms with Crippen molar-refractivity contribution in [1.29, 1.82) is 0 Å². The van der Waals surface area contributed by atoms with Crippen LogP contribution in [0.4, 0.5) is 0 Å². The number of hydrogen-bond donors (Lipinski definition) is 0. The Labute approximate surface area is 320 Å². The van der Waals surface area contributed by atoms with Gasteiger partial charge in [0, 0.05) is 66.6 Å².